The van der Waals surface area contributed by atoms with E-state index in [1.165, 1.54) is 44.3 Å². The Morgan fingerprint density at radius 2 is 1.75 bits per heavy atom. The first kappa shape index (κ1) is 12.8. The second kappa shape index (κ2) is 4.55. The molecule has 2 N–H and O–H groups in total. The molecule has 1 aromatic heterocycles. The van der Waals surface area contributed by atoms with Crippen molar-refractivity contribution in [1.29, 1.82) is 0 Å². The zero-order chi connectivity index (χ0) is 13.7. The Kier molecular flexibility index (Phi) is 2.92. The van der Waals surface area contributed by atoms with E-state index in [9.17, 15) is 0 Å². The second-order valence-electron chi connectivity index (χ2n) is 7.52. The lowest BCUT2D eigenvalue weighted by molar-refractivity contribution is -0.0511. The van der Waals surface area contributed by atoms with Crippen molar-refractivity contribution in [3.8, 4) is 0 Å². The lowest BCUT2D eigenvalue weighted by Crippen LogP contribution is -2.52. The van der Waals surface area contributed by atoms with Crippen LogP contribution < -0.4 is 5.73 Å². The molecule has 110 valence electrons. The molecule has 20 heavy (non-hydrogen) atoms. The minimum absolute atomic E-state index is 0.305. The van der Waals surface area contributed by atoms with Crippen LogP contribution in [-0.4, -0.2) is 21.3 Å². The molecule has 4 heteroatoms. The molecule has 4 saturated carbocycles. The minimum Gasteiger partial charge on any atom is -0.330 e. The first-order valence-corrected chi connectivity index (χ1v) is 8.31. The monoisotopic (exact) mass is 274 g/mol. The van der Waals surface area contributed by atoms with Gasteiger partial charge in [-0.1, -0.05) is 0 Å². The number of nitrogens with two attached hydrogens (primary N) is 1. The van der Waals surface area contributed by atoms with Gasteiger partial charge in [-0.05, 0) is 76.2 Å². The van der Waals surface area contributed by atoms with Crippen LogP contribution >= 0.6 is 0 Å². The van der Waals surface area contributed by atoms with Gasteiger partial charge in [0.25, 0.3) is 0 Å². The van der Waals surface area contributed by atoms with E-state index in [2.05, 4.69) is 4.68 Å². The lowest BCUT2D eigenvalue weighted by Gasteiger charge is -2.56. The third kappa shape index (κ3) is 1.92. The van der Waals surface area contributed by atoms with Crippen LogP contribution in [0, 0.1) is 24.7 Å². The number of hydrogen-bond acceptors (Lipinski definition) is 3. The molecule has 0 atom stereocenters. The Morgan fingerprint density at radius 3 is 2.30 bits per heavy atom. The first-order valence-electron chi connectivity index (χ1n) is 8.31. The van der Waals surface area contributed by atoms with Crippen LogP contribution in [0.4, 0.5) is 0 Å². The fraction of sp³-hybridized carbons (Fsp3) is 0.875. The van der Waals surface area contributed by atoms with E-state index >= 15 is 0 Å². The highest BCUT2D eigenvalue weighted by atomic mass is 15.4. The normalized spacial score (nSPS) is 38.6. The van der Waals surface area contributed by atoms with Gasteiger partial charge in [0.1, 0.15) is 11.6 Å². The van der Waals surface area contributed by atoms with Gasteiger partial charge < -0.3 is 5.73 Å². The molecule has 5 rings (SSSR count). The number of rotatable bonds is 4. The second-order valence-corrected chi connectivity index (χ2v) is 7.52. The summed E-state index contributed by atoms with van der Waals surface area (Å²) >= 11 is 0. The Balaban J connectivity index is 1.69. The van der Waals surface area contributed by atoms with Crippen LogP contribution in [0.25, 0.3) is 0 Å². The predicted molar refractivity (Wildman–Crippen MR) is 78.3 cm³/mol. The highest BCUT2D eigenvalue weighted by molar-refractivity contribution is 5.08. The van der Waals surface area contributed by atoms with Gasteiger partial charge in [-0.3, -0.25) is 0 Å². The highest BCUT2D eigenvalue weighted by Crippen LogP contribution is 2.58. The van der Waals surface area contributed by atoms with Crippen LogP contribution in [-0.2, 0) is 12.0 Å². The molecule has 0 saturated heterocycles. The van der Waals surface area contributed by atoms with E-state index in [-0.39, 0.29) is 0 Å². The summed E-state index contributed by atoms with van der Waals surface area (Å²) in [5.41, 5.74) is 5.99. The molecule has 4 fully saturated rings. The third-order valence-electron chi connectivity index (χ3n) is 5.84. The van der Waals surface area contributed by atoms with Crippen molar-refractivity contribution in [1.82, 2.24) is 14.8 Å². The van der Waals surface area contributed by atoms with Gasteiger partial charge in [-0.25, -0.2) is 9.67 Å². The maximum absolute atomic E-state index is 5.68. The maximum atomic E-state index is 5.68. The highest BCUT2D eigenvalue weighted by Gasteiger charge is 2.53. The van der Waals surface area contributed by atoms with Crippen LogP contribution in [0.15, 0.2) is 0 Å². The molecular formula is C16H26N4. The van der Waals surface area contributed by atoms with Crippen LogP contribution in [0.3, 0.4) is 0 Å². The maximum Gasteiger partial charge on any atom is 0.147 e. The Bertz CT molecular complexity index is 469. The summed E-state index contributed by atoms with van der Waals surface area (Å²) in [7, 11) is 0. The van der Waals surface area contributed by atoms with Gasteiger partial charge in [-0.2, -0.15) is 5.10 Å². The van der Waals surface area contributed by atoms with Crippen LogP contribution in [0.1, 0.15) is 56.6 Å². The number of nitrogens with zero attached hydrogens (tertiary/aromatic N) is 3. The van der Waals surface area contributed by atoms with Crippen molar-refractivity contribution < 1.29 is 0 Å². The summed E-state index contributed by atoms with van der Waals surface area (Å²) in [5, 5.41) is 4.82. The quantitative estimate of drug-likeness (QED) is 0.917. The summed E-state index contributed by atoms with van der Waals surface area (Å²) in [5.74, 6) is 4.98. The average molecular weight is 274 g/mol. The van der Waals surface area contributed by atoms with Gasteiger partial charge in [0.15, 0.2) is 0 Å². The molecule has 0 unspecified atom stereocenters. The molecule has 0 aliphatic heterocycles. The molecule has 1 heterocycles. The molecule has 0 amide bonds. The molecule has 0 spiro atoms. The zero-order valence-corrected chi connectivity index (χ0v) is 12.5. The van der Waals surface area contributed by atoms with E-state index in [4.69, 9.17) is 15.8 Å². The van der Waals surface area contributed by atoms with Crippen LogP contribution in [0.2, 0.25) is 0 Å². The smallest absolute Gasteiger partial charge is 0.147 e. The van der Waals surface area contributed by atoms with Crippen molar-refractivity contribution in [2.24, 2.45) is 23.5 Å². The van der Waals surface area contributed by atoms with E-state index in [0.717, 1.165) is 43.0 Å². The predicted octanol–water partition coefficient (Wildman–Crippen LogP) is 2.40. The summed E-state index contributed by atoms with van der Waals surface area (Å²) < 4.78 is 2.35. The fourth-order valence-corrected chi connectivity index (χ4v) is 5.59. The molecule has 0 aromatic carbocycles. The van der Waals surface area contributed by atoms with E-state index in [0.29, 0.717) is 5.54 Å². The van der Waals surface area contributed by atoms with Crippen molar-refractivity contribution in [2.75, 3.05) is 6.54 Å². The first-order chi connectivity index (χ1) is 9.68. The fourth-order valence-electron chi connectivity index (χ4n) is 5.59. The molecule has 4 bridgehead atoms. The largest absolute Gasteiger partial charge is 0.330 e. The van der Waals surface area contributed by atoms with Gasteiger partial charge in [0.2, 0.25) is 0 Å². The van der Waals surface area contributed by atoms with Gasteiger partial charge in [0.05, 0.1) is 5.54 Å². The number of hydrogen-bond donors (Lipinski definition) is 1. The van der Waals surface area contributed by atoms with Gasteiger partial charge >= 0.3 is 0 Å². The van der Waals surface area contributed by atoms with E-state index in [1.807, 2.05) is 6.92 Å². The average Bonchev–Trinajstić information content (AvgIpc) is 2.77. The van der Waals surface area contributed by atoms with Gasteiger partial charge in [-0.15, -0.1) is 0 Å². The SMILES string of the molecule is Cc1nc(CCCN)n(C23CC4CC(CC(C4)C2)C3)n1. The standard InChI is InChI=1S/C16H26N4/c1-11-18-15(3-2-4-17)20(19-11)16-8-12-5-13(9-16)7-14(6-12)10-16/h12-14H,2-10,17H2,1H3. The van der Waals surface area contributed by atoms with Crippen molar-refractivity contribution in [2.45, 2.75) is 63.8 Å². The molecule has 0 radical (unpaired) electrons. The molecule has 4 aliphatic carbocycles. The Morgan fingerprint density at radius 1 is 1.15 bits per heavy atom. The Labute approximate surface area is 121 Å². The molecular weight excluding hydrogens is 248 g/mol. The van der Waals surface area contributed by atoms with Gasteiger partial charge in [0, 0.05) is 6.42 Å². The number of aryl methyl sites for hydroxylation is 2. The summed E-state index contributed by atoms with van der Waals surface area (Å²) in [4.78, 5) is 4.70. The van der Waals surface area contributed by atoms with E-state index in [1.54, 1.807) is 0 Å². The summed E-state index contributed by atoms with van der Waals surface area (Å²) in [6.45, 7) is 2.77. The van der Waals surface area contributed by atoms with Crippen molar-refractivity contribution in [3.05, 3.63) is 11.6 Å². The molecule has 1 aromatic rings. The van der Waals surface area contributed by atoms with Crippen molar-refractivity contribution >= 4 is 0 Å². The molecule has 4 aliphatic rings. The van der Waals surface area contributed by atoms with Crippen LogP contribution in [0.5, 0.6) is 0 Å². The number of aromatic nitrogens is 3. The zero-order valence-electron chi connectivity index (χ0n) is 12.5. The topological polar surface area (TPSA) is 56.7 Å². The van der Waals surface area contributed by atoms with Crippen molar-refractivity contribution in [3.63, 3.8) is 0 Å². The summed E-state index contributed by atoms with van der Waals surface area (Å²) in [6.07, 6.45) is 10.5. The minimum atomic E-state index is 0.305. The Hall–Kier alpha value is -0.900. The lowest BCUT2D eigenvalue weighted by atomic mass is 9.53. The molecule has 4 nitrogen and oxygen atoms in total. The van der Waals surface area contributed by atoms with E-state index < -0.39 is 0 Å². The summed E-state index contributed by atoms with van der Waals surface area (Å²) in [6, 6.07) is 0. The third-order valence-corrected chi connectivity index (χ3v) is 5.84.